The standard InChI is InChI=1S/C6H3Cl2N3O/c1-12-6-10-4(7)3(2-9)5(8)11-6/h1H3. The Labute approximate surface area is 78.7 Å². The lowest BCUT2D eigenvalue weighted by molar-refractivity contribution is 0.380. The van der Waals surface area contributed by atoms with E-state index in [0.29, 0.717) is 0 Å². The van der Waals surface area contributed by atoms with Crippen molar-refractivity contribution in [3.05, 3.63) is 15.9 Å². The first-order chi connectivity index (χ1) is 5.69. The molecule has 0 aromatic carbocycles. The molecule has 0 N–H and O–H groups in total. The van der Waals surface area contributed by atoms with Gasteiger partial charge in [0.25, 0.3) is 0 Å². The van der Waals surface area contributed by atoms with Crippen LogP contribution in [0.3, 0.4) is 0 Å². The Morgan fingerprint density at radius 2 is 1.83 bits per heavy atom. The van der Waals surface area contributed by atoms with Gasteiger partial charge in [-0.3, -0.25) is 0 Å². The molecule has 12 heavy (non-hydrogen) atoms. The molecular weight excluding hydrogens is 201 g/mol. The van der Waals surface area contributed by atoms with Crippen LogP contribution >= 0.6 is 23.2 Å². The molecule has 0 bridgehead atoms. The van der Waals surface area contributed by atoms with Gasteiger partial charge in [0.15, 0.2) is 10.3 Å². The monoisotopic (exact) mass is 203 g/mol. The Balaban J connectivity index is 3.30. The van der Waals surface area contributed by atoms with Gasteiger partial charge in [0.1, 0.15) is 11.6 Å². The summed E-state index contributed by atoms with van der Waals surface area (Å²) in [5.74, 6) is 0. The Bertz CT molecular complexity index is 324. The normalized spacial score (nSPS) is 9.17. The molecule has 0 aliphatic carbocycles. The quantitative estimate of drug-likeness (QED) is 0.652. The molecule has 1 heterocycles. The van der Waals surface area contributed by atoms with Crippen LogP contribution in [0.1, 0.15) is 5.56 Å². The summed E-state index contributed by atoms with van der Waals surface area (Å²) in [6.07, 6.45) is 0. The Morgan fingerprint density at radius 3 is 2.17 bits per heavy atom. The van der Waals surface area contributed by atoms with Gasteiger partial charge in [-0.25, -0.2) is 0 Å². The number of nitriles is 1. The highest BCUT2D eigenvalue weighted by Crippen LogP contribution is 2.22. The molecule has 0 saturated carbocycles. The first-order valence-electron chi connectivity index (χ1n) is 2.86. The van der Waals surface area contributed by atoms with Crippen LogP contribution in [0.2, 0.25) is 10.3 Å². The Kier molecular flexibility index (Phi) is 2.69. The van der Waals surface area contributed by atoms with Crippen molar-refractivity contribution in [2.45, 2.75) is 0 Å². The van der Waals surface area contributed by atoms with Gasteiger partial charge >= 0.3 is 6.01 Å². The Hall–Kier alpha value is -1.05. The molecule has 0 atom stereocenters. The second-order valence-corrected chi connectivity index (χ2v) is 2.49. The molecule has 1 aromatic rings. The molecule has 0 saturated heterocycles. The van der Waals surface area contributed by atoms with E-state index in [1.54, 1.807) is 6.07 Å². The zero-order valence-electron chi connectivity index (χ0n) is 6.01. The summed E-state index contributed by atoms with van der Waals surface area (Å²) in [5.41, 5.74) is 0.0548. The molecule has 1 rings (SSSR count). The lowest BCUT2D eigenvalue weighted by atomic mass is 10.4. The third kappa shape index (κ3) is 1.58. The highest BCUT2D eigenvalue weighted by molar-refractivity contribution is 6.35. The predicted molar refractivity (Wildman–Crippen MR) is 43.3 cm³/mol. The number of methoxy groups -OCH3 is 1. The SMILES string of the molecule is COc1nc(Cl)c(C#N)c(Cl)n1. The van der Waals surface area contributed by atoms with Crippen LogP contribution in [0.25, 0.3) is 0 Å². The molecule has 6 heteroatoms. The van der Waals surface area contributed by atoms with Crippen molar-refractivity contribution >= 4 is 23.2 Å². The van der Waals surface area contributed by atoms with E-state index in [-0.39, 0.29) is 21.9 Å². The van der Waals surface area contributed by atoms with Crippen LogP contribution in [0.5, 0.6) is 6.01 Å². The van der Waals surface area contributed by atoms with Crippen molar-refractivity contribution in [3.63, 3.8) is 0 Å². The van der Waals surface area contributed by atoms with E-state index >= 15 is 0 Å². The lowest BCUT2D eigenvalue weighted by Gasteiger charge is -1.99. The average Bonchev–Trinajstić information content (AvgIpc) is 2.03. The van der Waals surface area contributed by atoms with Gasteiger partial charge in [-0.15, -0.1) is 0 Å². The first kappa shape index (κ1) is 9.04. The first-order valence-corrected chi connectivity index (χ1v) is 3.61. The molecule has 0 aliphatic heterocycles. The third-order valence-corrected chi connectivity index (χ3v) is 1.64. The van der Waals surface area contributed by atoms with Crippen LogP contribution < -0.4 is 4.74 Å². The summed E-state index contributed by atoms with van der Waals surface area (Å²) in [4.78, 5) is 7.30. The minimum atomic E-state index is -0.00523. The van der Waals surface area contributed by atoms with Crippen LogP contribution in [0.4, 0.5) is 0 Å². The molecule has 4 nitrogen and oxygen atoms in total. The van der Waals surface area contributed by atoms with E-state index in [0.717, 1.165) is 0 Å². The summed E-state index contributed by atoms with van der Waals surface area (Å²) in [7, 11) is 1.38. The maximum absolute atomic E-state index is 8.52. The molecule has 0 unspecified atom stereocenters. The van der Waals surface area contributed by atoms with E-state index in [4.69, 9.17) is 28.5 Å². The molecular formula is C6H3Cl2N3O. The van der Waals surface area contributed by atoms with Gasteiger partial charge < -0.3 is 4.74 Å². The third-order valence-electron chi connectivity index (χ3n) is 1.09. The molecule has 0 aliphatic rings. The smallest absolute Gasteiger partial charge is 0.319 e. The minimum absolute atomic E-state index is 0.00523. The second kappa shape index (κ2) is 3.57. The molecule has 0 fully saturated rings. The number of hydrogen-bond donors (Lipinski definition) is 0. The van der Waals surface area contributed by atoms with Crippen LogP contribution in [0, 0.1) is 11.3 Å². The number of ether oxygens (including phenoxy) is 1. The highest BCUT2D eigenvalue weighted by Gasteiger charge is 2.10. The maximum atomic E-state index is 8.52. The van der Waals surface area contributed by atoms with E-state index < -0.39 is 0 Å². The van der Waals surface area contributed by atoms with E-state index in [9.17, 15) is 0 Å². The van der Waals surface area contributed by atoms with Gasteiger partial charge in [-0.1, -0.05) is 23.2 Å². The fourth-order valence-electron chi connectivity index (χ4n) is 0.573. The molecule has 0 amide bonds. The highest BCUT2D eigenvalue weighted by atomic mass is 35.5. The van der Waals surface area contributed by atoms with Gasteiger partial charge in [0, 0.05) is 0 Å². The zero-order valence-corrected chi connectivity index (χ0v) is 7.52. The van der Waals surface area contributed by atoms with Gasteiger partial charge in [-0.05, 0) is 0 Å². The Morgan fingerprint density at radius 1 is 1.33 bits per heavy atom. The number of aromatic nitrogens is 2. The number of nitrogens with zero attached hydrogens (tertiary/aromatic N) is 3. The maximum Gasteiger partial charge on any atom is 0.319 e. The average molecular weight is 204 g/mol. The molecule has 62 valence electrons. The van der Waals surface area contributed by atoms with E-state index in [2.05, 4.69) is 14.7 Å². The number of rotatable bonds is 1. The summed E-state index contributed by atoms with van der Waals surface area (Å²) < 4.78 is 4.67. The van der Waals surface area contributed by atoms with Crippen molar-refractivity contribution < 1.29 is 4.74 Å². The minimum Gasteiger partial charge on any atom is -0.467 e. The summed E-state index contributed by atoms with van der Waals surface area (Å²) >= 11 is 11.2. The van der Waals surface area contributed by atoms with E-state index in [1.165, 1.54) is 7.11 Å². The lowest BCUT2D eigenvalue weighted by Crippen LogP contribution is -1.95. The van der Waals surface area contributed by atoms with Crippen LogP contribution in [-0.2, 0) is 0 Å². The van der Waals surface area contributed by atoms with Gasteiger partial charge in [0.2, 0.25) is 0 Å². The number of halogens is 2. The van der Waals surface area contributed by atoms with Crippen LogP contribution in [0.15, 0.2) is 0 Å². The largest absolute Gasteiger partial charge is 0.467 e. The topological polar surface area (TPSA) is 58.8 Å². The number of hydrogen-bond acceptors (Lipinski definition) is 4. The van der Waals surface area contributed by atoms with Gasteiger partial charge in [0.05, 0.1) is 7.11 Å². The zero-order chi connectivity index (χ0) is 9.14. The van der Waals surface area contributed by atoms with Crippen molar-refractivity contribution in [1.29, 1.82) is 5.26 Å². The fraction of sp³-hybridized carbons (Fsp3) is 0.167. The van der Waals surface area contributed by atoms with E-state index in [1.807, 2.05) is 0 Å². The second-order valence-electron chi connectivity index (χ2n) is 1.78. The van der Waals surface area contributed by atoms with Crippen molar-refractivity contribution in [1.82, 2.24) is 9.97 Å². The fourth-order valence-corrected chi connectivity index (χ4v) is 1.03. The van der Waals surface area contributed by atoms with Gasteiger partial charge in [-0.2, -0.15) is 15.2 Å². The predicted octanol–water partition coefficient (Wildman–Crippen LogP) is 1.66. The molecule has 0 spiro atoms. The summed E-state index contributed by atoms with van der Waals surface area (Å²) in [6.45, 7) is 0. The molecule has 1 aromatic heterocycles. The van der Waals surface area contributed by atoms with Crippen LogP contribution in [-0.4, -0.2) is 17.1 Å². The van der Waals surface area contributed by atoms with Crippen molar-refractivity contribution in [2.75, 3.05) is 7.11 Å². The summed E-state index contributed by atoms with van der Waals surface area (Å²) in [6, 6.07) is 1.82. The summed E-state index contributed by atoms with van der Waals surface area (Å²) in [5, 5.41) is 8.51. The molecule has 0 radical (unpaired) electrons. The van der Waals surface area contributed by atoms with Crippen molar-refractivity contribution in [3.8, 4) is 12.1 Å². The van der Waals surface area contributed by atoms with Crippen molar-refractivity contribution in [2.24, 2.45) is 0 Å².